The summed E-state index contributed by atoms with van der Waals surface area (Å²) in [6.45, 7) is 0. The van der Waals surface area contributed by atoms with Crippen LogP contribution in [0.5, 0.6) is 0 Å². The molecule has 104 valence electrons. The number of rotatable bonds is 4. The lowest BCUT2D eigenvalue weighted by Crippen LogP contribution is -2.40. The van der Waals surface area contributed by atoms with Gasteiger partial charge in [-0.1, -0.05) is 43.9 Å². The van der Waals surface area contributed by atoms with Crippen LogP contribution in [-0.4, -0.2) is 11.9 Å². The first-order chi connectivity index (χ1) is 9.18. The average Bonchev–Trinajstić information content (AvgIpc) is 2.65. The van der Waals surface area contributed by atoms with Gasteiger partial charge in [-0.3, -0.25) is 10.1 Å². The van der Waals surface area contributed by atoms with Crippen LogP contribution in [0.25, 0.3) is 0 Å². The van der Waals surface area contributed by atoms with Crippen LogP contribution in [0.15, 0.2) is 24.3 Å². The van der Waals surface area contributed by atoms with E-state index in [4.69, 9.17) is 5.73 Å². The fourth-order valence-electron chi connectivity index (χ4n) is 2.72. The SMILES string of the molecule is NC(=O)C(NC1CCCCCC1)c1ccccc1F. The second-order valence-electron chi connectivity index (χ2n) is 5.21. The van der Waals surface area contributed by atoms with Gasteiger partial charge in [0.1, 0.15) is 11.9 Å². The topological polar surface area (TPSA) is 55.1 Å². The Kier molecular flexibility index (Phi) is 4.91. The summed E-state index contributed by atoms with van der Waals surface area (Å²) in [5.74, 6) is -0.901. The molecule has 4 heteroatoms. The van der Waals surface area contributed by atoms with Crippen molar-refractivity contribution >= 4 is 5.91 Å². The molecule has 1 aliphatic carbocycles. The predicted molar refractivity (Wildman–Crippen MR) is 73.0 cm³/mol. The summed E-state index contributed by atoms with van der Waals surface area (Å²) in [4.78, 5) is 11.6. The van der Waals surface area contributed by atoms with Crippen molar-refractivity contribution < 1.29 is 9.18 Å². The Balaban J connectivity index is 2.12. The molecule has 1 saturated carbocycles. The number of primary amides is 1. The maximum absolute atomic E-state index is 13.8. The van der Waals surface area contributed by atoms with Crippen LogP contribution >= 0.6 is 0 Å². The van der Waals surface area contributed by atoms with E-state index >= 15 is 0 Å². The average molecular weight is 264 g/mol. The predicted octanol–water partition coefficient (Wildman–Crippen LogP) is 2.66. The van der Waals surface area contributed by atoms with E-state index in [1.54, 1.807) is 18.2 Å². The smallest absolute Gasteiger partial charge is 0.239 e. The third kappa shape index (κ3) is 3.77. The zero-order chi connectivity index (χ0) is 13.7. The van der Waals surface area contributed by atoms with E-state index in [1.165, 1.54) is 18.9 Å². The lowest BCUT2D eigenvalue weighted by atomic mass is 10.0. The summed E-state index contributed by atoms with van der Waals surface area (Å²) < 4.78 is 13.8. The van der Waals surface area contributed by atoms with Crippen molar-refractivity contribution in [3.8, 4) is 0 Å². The van der Waals surface area contributed by atoms with Crippen LogP contribution in [0, 0.1) is 5.82 Å². The van der Waals surface area contributed by atoms with Crippen molar-refractivity contribution in [2.75, 3.05) is 0 Å². The monoisotopic (exact) mass is 264 g/mol. The molecule has 1 atom stereocenters. The normalized spacial score (nSPS) is 18.8. The molecule has 19 heavy (non-hydrogen) atoms. The molecule has 0 aliphatic heterocycles. The van der Waals surface area contributed by atoms with Crippen molar-refractivity contribution in [3.05, 3.63) is 35.6 Å². The highest BCUT2D eigenvalue weighted by Crippen LogP contribution is 2.22. The summed E-state index contributed by atoms with van der Waals surface area (Å²) in [6, 6.07) is 5.84. The molecule has 1 amide bonds. The lowest BCUT2D eigenvalue weighted by molar-refractivity contribution is -0.120. The summed E-state index contributed by atoms with van der Waals surface area (Å²) in [6.07, 6.45) is 6.83. The van der Waals surface area contributed by atoms with Gasteiger partial charge in [0, 0.05) is 11.6 Å². The number of carbonyl (C=O) groups excluding carboxylic acids is 1. The molecule has 1 aromatic rings. The lowest BCUT2D eigenvalue weighted by Gasteiger charge is -2.23. The molecule has 3 nitrogen and oxygen atoms in total. The summed E-state index contributed by atoms with van der Waals surface area (Å²) in [5.41, 5.74) is 5.77. The Bertz CT molecular complexity index is 428. The zero-order valence-corrected chi connectivity index (χ0v) is 11.1. The highest BCUT2D eigenvalue weighted by molar-refractivity contribution is 5.81. The number of nitrogens with one attached hydrogen (secondary N) is 1. The molecule has 1 aromatic carbocycles. The van der Waals surface area contributed by atoms with Crippen LogP contribution in [0.4, 0.5) is 4.39 Å². The fourth-order valence-corrected chi connectivity index (χ4v) is 2.72. The first kappa shape index (κ1) is 14.0. The second-order valence-corrected chi connectivity index (χ2v) is 5.21. The van der Waals surface area contributed by atoms with Crippen LogP contribution in [0.3, 0.4) is 0 Å². The second kappa shape index (κ2) is 6.66. The van der Waals surface area contributed by atoms with Gasteiger partial charge in [0.05, 0.1) is 0 Å². The molecule has 3 N–H and O–H groups in total. The summed E-state index contributed by atoms with van der Waals surface area (Å²) in [7, 11) is 0. The molecule has 1 aliphatic rings. The van der Waals surface area contributed by atoms with Gasteiger partial charge in [0.15, 0.2) is 0 Å². The largest absolute Gasteiger partial charge is 0.368 e. The standard InChI is InChI=1S/C15H21FN2O/c16-13-10-6-5-9-12(13)14(15(17)19)18-11-7-3-1-2-4-8-11/h5-6,9-11,14,18H,1-4,7-8H2,(H2,17,19). The quantitative estimate of drug-likeness (QED) is 0.821. The van der Waals surface area contributed by atoms with Crippen molar-refractivity contribution in [2.45, 2.75) is 50.6 Å². The first-order valence-corrected chi connectivity index (χ1v) is 6.98. The van der Waals surface area contributed by atoms with Crippen molar-refractivity contribution in [3.63, 3.8) is 0 Å². The number of halogens is 1. The Hall–Kier alpha value is -1.42. The molecule has 0 radical (unpaired) electrons. The maximum atomic E-state index is 13.8. The minimum absolute atomic E-state index is 0.250. The first-order valence-electron chi connectivity index (χ1n) is 6.98. The zero-order valence-electron chi connectivity index (χ0n) is 11.1. The Labute approximate surface area is 113 Å². The highest BCUT2D eigenvalue weighted by Gasteiger charge is 2.24. The van der Waals surface area contributed by atoms with Crippen LogP contribution in [0.1, 0.15) is 50.1 Å². The minimum atomic E-state index is -0.732. The molecule has 0 saturated heterocycles. The van der Waals surface area contributed by atoms with Gasteiger partial charge >= 0.3 is 0 Å². The third-order valence-electron chi connectivity index (χ3n) is 3.76. The number of nitrogens with two attached hydrogens (primary N) is 1. The molecular weight excluding hydrogens is 243 g/mol. The van der Waals surface area contributed by atoms with Gasteiger partial charge in [-0.25, -0.2) is 4.39 Å². The highest BCUT2D eigenvalue weighted by atomic mass is 19.1. The number of hydrogen-bond donors (Lipinski definition) is 2. The van der Waals surface area contributed by atoms with Crippen LogP contribution < -0.4 is 11.1 Å². The molecule has 0 spiro atoms. The summed E-state index contributed by atoms with van der Waals surface area (Å²) in [5, 5.41) is 3.24. The Morgan fingerprint density at radius 3 is 2.42 bits per heavy atom. The number of carbonyl (C=O) groups is 1. The van der Waals surface area contributed by atoms with Gasteiger partial charge in [0.25, 0.3) is 0 Å². The maximum Gasteiger partial charge on any atom is 0.239 e. The van der Waals surface area contributed by atoms with Crippen molar-refractivity contribution in [1.29, 1.82) is 0 Å². The fraction of sp³-hybridized carbons (Fsp3) is 0.533. The van der Waals surface area contributed by atoms with Crippen molar-refractivity contribution in [1.82, 2.24) is 5.32 Å². The molecule has 1 fully saturated rings. The van der Waals surface area contributed by atoms with Crippen LogP contribution in [0.2, 0.25) is 0 Å². The molecule has 1 unspecified atom stereocenters. The third-order valence-corrected chi connectivity index (χ3v) is 3.76. The van der Waals surface area contributed by atoms with E-state index in [1.807, 2.05) is 0 Å². The minimum Gasteiger partial charge on any atom is -0.368 e. The van der Waals surface area contributed by atoms with Gasteiger partial charge < -0.3 is 5.73 Å². The van der Waals surface area contributed by atoms with Crippen LogP contribution in [-0.2, 0) is 4.79 Å². The molecule has 0 bridgehead atoms. The molecule has 2 rings (SSSR count). The molecule has 0 heterocycles. The number of hydrogen-bond acceptors (Lipinski definition) is 2. The van der Waals surface area contributed by atoms with Gasteiger partial charge in [0.2, 0.25) is 5.91 Å². The van der Waals surface area contributed by atoms with Gasteiger partial charge in [-0.15, -0.1) is 0 Å². The van der Waals surface area contributed by atoms with Gasteiger partial charge in [-0.2, -0.15) is 0 Å². The van der Waals surface area contributed by atoms with E-state index in [9.17, 15) is 9.18 Å². The van der Waals surface area contributed by atoms with E-state index in [0.717, 1.165) is 25.7 Å². The van der Waals surface area contributed by atoms with E-state index in [2.05, 4.69) is 5.32 Å². The Morgan fingerprint density at radius 2 is 1.84 bits per heavy atom. The Morgan fingerprint density at radius 1 is 1.21 bits per heavy atom. The van der Waals surface area contributed by atoms with E-state index in [-0.39, 0.29) is 11.9 Å². The van der Waals surface area contributed by atoms with E-state index < -0.39 is 11.9 Å². The van der Waals surface area contributed by atoms with Crippen molar-refractivity contribution in [2.24, 2.45) is 5.73 Å². The molecule has 0 aromatic heterocycles. The molecular formula is C15H21FN2O. The number of amides is 1. The summed E-state index contributed by atoms with van der Waals surface area (Å²) >= 11 is 0. The van der Waals surface area contributed by atoms with Gasteiger partial charge in [-0.05, 0) is 18.9 Å². The number of benzene rings is 1. The van der Waals surface area contributed by atoms with E-state index in [0.29, 0.717) is 5.56 Å².